The molecule has 2 aromatic rings. The molecule has 6 heteroatoms. The van der Waals surface area contributed by atoms with Crippen molar-refractivity contribution in [1.29, 1.82) is 0 Å². The van der Waals surface area contributed by atoms with E-state index in [0.717, 1.165) is 22.5 Å². The van der Waals surface area contributed by atoms with Crippen molar-refractivity contribution in [2.45, 2.75) is 45.1 Å². The van der Waals surface area contributed by atoms with Crippen molar-refractivity contribution in [3.63, 3.8) is 0 Å². The first-order valence-electron chi connectivity index (χ1n) is 8.14. The average molecular weight is 327 g/mol. The second-order valence-electron chi connectivity index (χ2n) is 6.19. The first-order valence-corrected chi connectivity index (χ1v) is 8.14. The number of benzene rings is 1. The Hall–Kier alpha value is -2.63. The van der Waals surface area contributed by atoms with Gasteiger partial charge in [-0.2, -0.15) is 0 Å². The molecule has 126 valence electrons. The van der Waals surface area contributed by atoms with E-state index >= 15 is 0 Å². The van der Waals surface area contributed by atoms with E-state index in [1.165, 1.54) is 0 Å². The van der Waals surface area contributed by atoms with Gasteiger partial charge < -0.3 is 9.84 Å². The molecule has 1 aromatic heterocycles. The number of nitrogens with one attached hydrogen (secondary N) is 2. The van der Waals surface area contributed by atoms with E-state index in [1.807, 2.05) is 38.1 Å². The number of piperidine rings is 1. The summed E-state index contributed by atoms with van der Waals surface area (Å²) >= 11 is 0. The molecule has 1 aromatic carbocycles. The lowest BCUT2D eigenvalue weighted by Gasteiger charge is -2.35. The van der Waals surface area contributed by atoms with E-state index in [2.05, 4.69) is 15.8 Å². The number of imide groups is 1. The van der Waals surface area contributed by atoms with Crippen LogP contribution in [0.3, 0.4) is 0 Å². The smallest absolute Gasteiger partial charge is 0.237 e. The lowest BCUT2D eigenvalue weighted by atomic mass is 9.72. The topological polar surface area (TPSA) is 84.2 Å². The highest BCUT2D eigenvalue weighted by atomic mass is 16.5. The zero-order valence-electron chi connectivity index (χ0n) is 13.9. The monoisotopic (exact) mass is 327 g/mol. The number of nitrogens with zero attached hydrogens (tertiary/aromatic N) is 1. The molecule has 0 saturated carbocycles. The molecule has 1 unspecified atom stereocenters. The van der Waals surface area contributed by atoms with Gasteiger partial charge in [0, 0.05) is 17.7 Å². The molecule has 0 bridgehead atoms. The van der Waals surface area contributed by atoms with Gasteiger partial charge in [-0.25, -0.2) is 0 Å². The van der Waals surface area contributed by atoms with E-state index in [9.17, 15) is 9.59 Å². The van der Waals surface area contributed by atoms with E-state index in [4.69, 9.17) is 4.52 Å². The van der Waals surface area contributed by atoms with Crippen LogP contribution in [0.15, 0.2) is 35.1 Å². The Balaban J connectivity index is 1.74. The fraction of sp³-hybridized carbons (Fsp3) is 0.389. The van der Waals surface area contributed by atoms with Crippen molar-refractivity contribution in [1.82, 2.24) is 10.5 Å². The van der Waals surface area contributed by atoms with Crippen molar-refractivity contribution in [2.24, 2.45) is 0 Å². The highest BCUT2D eigenvalue weighted by Crippen LogP contribution is 2.36. The molecule has 1 aliphatic heterocycles. The van der Waals surface area contributed by atoms with Gasteiger partial charge in [-0.3, -0.25) is 14.9 Å². The van der Waals surface area contributed by atoms with E-state index in [0.29, 0.717) is 25.8 Å². The summed E-state index contributed by atoms with van der Waals surface area (Å²) in [6.07, 6.45) is 3.22. The minimum atomic E-state index is -0.616. The number of rotatable bonds is 5. The van der Waals surface area contributed by atoms with Crippen molar-refractivity contribution in [3.8, 4) is 0 Å². The van der Waals surface area contributed by atoms with Gasteiger partial charge in [-0.15, -0.1) is 0 Å². The van der Waals surface area contributed by atoms with E-state index in [1.54, 1.807) is 6.26 Å². The van der Waals surface area contributed by atoms with Gasteiger partial charge in [-0.05, 0) is 37.5 Å². The van der Waals surface area contributed by atoms with Gasteiger partial charge in [0.05, 0.1) is 12.0 Å². The summed E-state index contributed by atoms with van der Waals surface area (Å²) in [5, 5.41) is 9.70. The molecule has 6 nitrogen and oxygen atoms in total. The number of carbonyl (C=O) groups excluding carboxylic acids is 2. The predicted molar refractivity (Wildman–Crippen MR) is 89.4 cm³/mol. The third-order valence-corrected chi connectivity index (χ3v) is 4.82. The summed E-state index contributed by atoms with van der Waals surface area (Å²) in [6.45, 7) is 4.51. The van der Waals surface area contributed by atoms with Crippen molar-refractivity contribution in [2.75, 3.05) is 5.32 Å². The fourth-order valence-electron chi connectivity index (χ4n) is 3.14. The highest BCUT2D eigenvalue weighted by Gasteiger charge is 2.42. The third kappa shape index (κ3) is 2.91. The molecular formula is C18H21N3O3. The SMILES string of the molecule is CCC1(c2ccc(NCc3nocc3C)cc2)CCC(=O)NC1=O. The van der Waals surface area contributed by atoms with Crippen LogP contribution in [-0.2, 0) is 21.5 Å². The molecule has 1 atom stereocenters. The summed E-state index contributed by atoms with van der Waals surface area (Å²) in [5.74, 6) is -0.384. The minimum Gasteiger partial charge on any atom is -0.379 e. The van der Waals surface area contributed by atoms with Gasteiger partial charge in [-0.1, -0.05) is 24.2 Å². The maximum atomic E-state index is 12.4. The van der Waals surface area contributed by atoms with Gasteiger partial charge in [0.15, 0.2) is 0 Å². The molecule has 2 amide bonds. The van der Waals surface area contributed by atoms with E-state index in [-0.39, 0.29) is 11.8 Å². The van der Waals surface area contributed by atoms with Crippen LogP contribution >= 0.6 is 0 Å². The zero-order chi connectivity index (χ0) is 17.2. The van der Waals surface area contributed by atoms with Crippen LogP contribution in [0.2, 0.25) is 0 Å². The molecule has 1 aliphatic rings. The molecule has 0 radical (unpaired) electrons. The Morgan fingerprint density at radius 2 is 2.04 bits per heavy atom. The van der Waals surface area contributed by atoms with Crippen LogP contribution < -0.4 is 10.6 Å². The van der Waals surface area contributed by atoms with Crippen molar-refractivity contribution < 1.29 is 14.1 Å². The maximum Gasteiger partial charge on any atom is 0.237 e. The predicted octanol–water partition coefficient (Wildman–Crippen LogP) is 2.68. The highest BCUT2D eigenvalue weighted by molar-refractivity contribution is 6.03. The fourth-order valence-corrected chi connectivity index (χ4v) is 3.14. The summed E-state index contributed by atoms with van der Waals surface area (Å²) in [7, 11) is 0. The molecule has 2 N–H and O–H groups in total. The molecule has 1 saturated heterocycles. The molecule has 3 rings (SSSR count). The Morgan fingerprint density at radius 1 is 1.29 bits per heavy atom. The summed E-state index contributed by atoms with van der Waals surface area (Å²) in [5.41, 5.74) is 3.15. The van der Waals surface area contributed by atoms with Crippen LogP contribution in [0.25, 0.3) is 0 Å². The Labute approximate surface area is 140 Å². The van der Waals surface area contributed by atoms with Crippen LogP contribution in [0.4, 0.5) is 5.69 Å². The average Bonchev–Trinajstić information content (AvgIpc) is 2.99. The summed E-state index contributed by atoms with van der Waals surface area (Å²) < 4.78 is 4.92. The van der Waals surface area contributed by atoms with Crippen LogP contribution in [0, 0.1) is 6.92 Å². The first kappa shape index (κ1) is 16.2. The second-order valence-corrected chi connectivity index (χ2v) is 6.19. The number of hydrogen-bond donors (Lipinski definition) is 2. The molecule has 0 spiro atoms. The molecule has 1 fully saturated rings. The first-order chi connectivity index (χ1) is 11.5. The quantitative estimate of drug-likeness (QED) is 0.825. The van der Waals surface area contributed by atoms with Gasteiger partial charge in [0.2, 0.25) is 11.8 Å². The Kier molecular flexibility index (Phi) is 4.38. The Bertz CT molecular complexity index is 751. The number of amides is 2. The lowest BCUT2D eigenvalue weighted by Crippen LogP contribution is -2.51. The maximum absolute atomic E-state index is 12.4. The summed E-state index contributed by atoms with van der Waals surface area (Å²) in [6, 6.07) is 7.81. The molecular weight excluding hydrogens is 306 g/mol. The largest absolute Gasteiger partial charge is 0.379 e. The molecule has 24 heavy (non-hydrogen) atoms. The van der Waals surface area contributed by atoms with Crippen LogP contribution in [0.5, 0.6) is 0 Å². The van der Waals surface area contributed by atoms with Gasteiger partial charge in [0.25, 0.3) is 0 Å². The number of aryl methyl sites for hydroxylation is 1. The van der Waals surface area contributed by atoms with Crippen LogP contribution in [0.1, 0.15) is 43.0 Å². The van der Waals surface area contributed by atoms with Crippen molar-refractivity contribution in [3.05, 3.63) is 47.3 Å². The summed E-state index contributed by atoms with van der Waals surface area (Å²) in [4.78, 5) is 23.8. The number of hydrogen-bond acceptors (Lipinski definition) is 5. The molecule has 2 heterocycles. The second kappa shape index (κ2) is 6.47. The lowest BCUT2D eigenvalue weighted by molar-refractivity contribution is -0.138. The normalized spacial score (nSPS) is 20.8. The van der Waals surface area contributed by atoms with Gasteiger partial charge in [0.1, 0.15) is 12.0 Å². The number of anilines is 1. The number of aromatic nitrogens is 1. The van der Waals surface area contributed by atoms with Crippen molar-refractivity contribution >= 4 is 17.5 Å². The van der Waals surface area contributed by atoms with E-state index < -0.39 is 5.41 Å². The van der Waals surface area contributed by atoms with Gasteiger partial charge >= 0.3 is 0 Å². The standard InChI is InChI=1S/C18H21N3O3/c1-3-18(9-8-16(22)20-17(18)23)13-4-6-14(7-5-13)19-10-15-12(2)11-24-21-15/h4-7,11,19H,3,8-10H2,1-2H3,(H,20,22,23). The zero-order valence-corrected chi connectivity index (χ0v) is 13.9. The van der Waals surface area contributed by atoms with Crippen LogP contribution in [-0.4, -0.2) is 17.0 Å². The third-order valence-electron chi connectivity index (χ3n) is 4.82. The minimum absolute atomic E-state index is 0.189. The Morgan fingerprint density at radius 3 is 2.62 bits per heavy atom. The molecule has 0 aliphatic carbocycles. The number of carbonyl (C=O) groups is 2.